The summed E-state index contributed by atoms with van der Waals surface area (Å²) in [7, 11) is 0. The number of nitrogens with zero attached hydrogens (tertiary/aromatic N) is 8. The van der Waals surface area contributed by atoms with Crippen molar-refractivity contribution in [2.75, 3.05) is 46.0 Å². The Morgan fingerprint density at radius 1 is 0.426 bits per heavy atom. The van der Waals surface area contributed by atoms with Gasteiger partial charge in [-0.05, 0) is 147 Å². The van der Waals surface area contributed by atoms with E-state index in [0.717, 1.165) is 105 Å². The SMILES string of the molecule is CCN(CC)c1ccc(C2=NN(c3ccc(-c4nc5ccccc5s4)cc3)C(c3ccc(C4CC(c5ccc(N(CC)CC)cc5)=NN4c4ccc(-c5nc6ccccc6s5)cc4)cc3)C2)cc1. The molecule has 0 spiro atoms. The van der Waals surface area contributed by atoms with E-state index in [2.05, 4.69) is 205 Å². The molecule has 0 aliphatic carbocycles. The topological polar surface area (TPSA) is 63.5 Å². The van der Waals surface area contributed by atoms with Gasteiger partial charge in [0.15, 0.2) is 0 Å². The Kier molecular flexibility index (Phi) is 12.0. The molecule has 0 amide bonds. The van der Waals surface area contributed by atoms with Crippen molar-refractivity contribution in [3.63, 3.8) is 0 Å². The maximum atomic E-state index is 5.39. The third-order valence-corrected chi connectivity index (χ3v) is 15.7. The largest absolute Gasteiger partial charge is 0.372 e. The van der Waals surface area contributed by atoms with Crippen LogP contribution in [0.15, 0.2) is 180 Å². The van der Waals surface area contributed by atoms with Gasteiger partial charge < -0.3 is 9.80 Å². The molecule has 338 valence electrons. The van der Waals surface area contributed by atoms with Gasteiger partial charge in [-0.15, -0.1) is 22.7 Å². The van der Waals surface area contributed by atoms with Crippen LogP contribution in [0.2, 0.25) is 0 Å². The molecule has 0 fully saturated rings. The molecule has 0 radical (unpaired) electrons. The monoisotopic (exact) mass is 926 g/mol. The number of aromatic nitrogens is 2. The van der Waals surface area contributed by atoms with Gasteiger partial charge in [0.25, 0.3) is 0 Å². The summed E-state index contributed by atoms with van der Waals surface area (Å²) in [6.45, 7) is 12.7. The number of benzene rings is 7. The van der Waals surface area contributed by atoms with Gasteiger partial charge >= 0.3 is 0 Å². The van der Waals surface area contributed by atoms with Crippen LogP contribution in [0, 0.1) is 0 Å². The lowest BCUT2D eigenvalue weighted by molar-refractivity contribution is 0.696. The zero-order valence-corrected chi connectivity index (χ0v) is 40.6. The van der Waals surface area contributed by atoms with E-state index in [0.29, 0.717) is 0 Å². The van der Waals surface area contributed by atoms with E-state index in [1.165, 1.54) is 31.9 Å². The molecule has 4 heterocycles. The highest BCUT2D eigenvalue weighted by atomic mass is 32.1. The third-order valence-electron chi connectivity index (χ3n) is 13.5. The average Bonchev–Trinajstić information content (AvgIpc) is 4.23. The Morgan fingerprint density at radius 3 is 1.13 bits per heavy atom. The fourth-order valence-electron chi connectivity index (χ4n) is 9.72. The second kappa shape index (κ2) is 18.9. The lowest BCUT2D eigenvalue weighted by Gasteiger charge is -2.26. The van der Waals surface area contributed by atoms with Crippen LogP contribution in [0.1, 0.15) is 74.9 Å². The summed E-state index contributed by atoms with van der Waals surface area (Å²) >= 11 is 3.46. The molecule has 0 saturated carbocycles. The van der Waals surface area contributed by atoms with Crippen LogP contribution in [-0.2, 0) is 0 Å². The Bertz CT molecular complexity index is 2950. The lowest BCUT2D eigenvalue weighted by atomic mass is 9.94. The van der Waals surface area contributed by atoms with E-state index in [-0.39, 0.29) is 12.1 Å². The van der Waals surface area contributed by atoms with Gasteiger partial charge in [0.2, 0.25) is 0 Å². The van der Waals surface area contributed by atoms with Crippen LogP contribution in [-0.4, -0.2) is 47.6 Å². The van der Waals surface area contributed by atoms with Crippen molar-refractivity contribution in [2.45, 2.75) is 52.6 Å². The molecule has 0 saturated heterocycles. The molecule has 2 atom stereocenters. The van der Waals surface area contributed by atoms with Crippen LogP contribution >= 0.6 is 22.7 Å². The first-order valence-electron chi connectivity index (χ1n) is 23.9. The molecule has 0 bridgehead atoms. The molecule has 0 N–H and O–H groups in total. The molecule has 68 heavy (non-hydrogen) atoms. The minimum absolute atomic E-state index is 0.0145. The van der Waals surface area contributed by atoms with E-state index in [1.807, 2.05) is 12.1 Å². The molecule has 11 rings (SSSR count). The van der Waals surface area contributed by atoms with Gasteiger partial charge in [-0.25, -0.2) is 9.97 Å². The van der Waals surface area contributed by atoms with Gasteiger partial charge in [0.1, 0.15) is 10.0 Å². The zero-order valence-electron chi connectivity index (χ0n) is 39.0. The molecular formula is C58H54N8S2. The maximum Gasteiger partial charge on any atom is 0.124 e. The number of thiazole rings is 2. The Labute approximate surface area is 407 Å². The van der Waals surface area contributed by atoms with Crippen LogP contribution < -0.4 is 19.8 Å². The number of hydrazone groups is 2. The first-order chi connectivity index (χ1) is 33.5. The highest BCUT2D eigenvalue weighted by molar-refractivity contribution is 7.22. The molecule has 9 aromatic rings. The third kappa shape index (κ3) is 8.43. The molecule has 2 unspecified atom stereocenters. The summed E-state index contributed by atoms with van der Waals surface area (Å²) in [5.74, 6) is 0. The predicted molar refractivity (Wildman–Crippen MR) is 289 cm³/mol. The highest BCUT2D eigenvalue weighted by Gasteiger charge is 2.33. The summed E-state index contributed by atoms with van der Waals surface area (Å²) in [4.78, 5) is 14.6. The van der Waals surface area contributed by atoms with Gasteiger partial charge in [0.05, 0.1) is 55.3 Å². The smallest absolute Gasteiger partial charge is 0.124 e. The van der Waals surface area contributed by atoms with Crippen LogP contribution in [0.3, 0.4) is 0 Å². The Balaban J connectivity index is 0.908. The van der Waals surface area contributed by atoms with E-state index in [4.69, 9.17) is 20.2 Å². The van der Waals surface area contributed by atoms with Crippen molar-refractivity contribution in [2.24, 2.45) is 10.2 Å². The second-order valence-electron chi connectivity index (χ2n) is 17.4. The van der Waals surface area contributed by atoms with Crippen molar-refractivity contribution in [3.05, 3.63) is 192 Å². The standard InChI is InChI=1S/C58H54N8S2/c1-5-63(6-2)45-29-21-39(22-30-45)51-37-53(65(61-51)47-33-25-43(26-34-47)57-59-49-13-9-11-15-55(49)67-57)41-17-19-42(20-18-41)54-38-52(40-23-31-46(32-24-40)64(7-3)8-4)62-66(54)48-35-27-44(28-36-48)58-60-50-14-10-12-16-56(50)68-58/h9-36,53-54H,5-8,37-38H2,1-4H3. The number of rotatable bonds is 14. The molecule has 8 nitrogen and oxygen atoms in total. The van der Waals surface area contributed by atoms with Crippen LogP contribution in [0.4, 0.5) is 22.7 Å². The fraction of sp³-hybridized carbons (Fsp3) is 0.207. The predicted octanol–water partition coefficient (Wildman–Crippen LogP) is 14.6. The molecule has 2 aromatic heterocycles. The van der Waals surface area contributed by atoms with Crippen LogP contribution in [0.25, 0.3) is 41.6 Å². The minimum Gasteiger partial charge on any atom is -0.372 e. The zero-order chi connectivity index (χ0) is 46.1. The van der Waals surface area contributed by atoms with Crippen LogP contribution in [0.5, 0.6) is 0 Å². The van der Waals surface area contributed by atoms with E-state index in [1.54, 1.807) is 22.7 Å². The average molecular weight is 927 g/mol. The first-order valence-corrected chi connectivity index (χ1v) is 25.6. The normalized spacial score (nSPS) is 15.9. The van der Waals surface area contributed by atoms with Crippen molar-refractivity contribution >= 4 is 77.3 Å². The van der Waals surface area contributed by atoms with Crippen molar-refractivity contribution in [3.8, 4) is 21.1 Å². The van der Waals surface area contributed by atoms with Gasteiger partial charge in [-0.2, -0.15) is 10.2 Å². The first kappa shape index (κ1) is 43.4. The number of hydrogen-bond acceptors (Lipinski definition) is 10. The Hall–Kier alpha value is -7.14. The number of para-hydroxylation sites is 2. The summed E-state index contributed by atoms with van der Waals surface area (Å²) < 4.78 is 2.39. The number of fused-ring (bicyclic) bond motifs is 2. The van der Waals surface area contributed by atoms with Gasteiger partial charge in [-0.3, -0.25) is 10.0 Å². The summed E-state index contributed by atoms with van der Waals surface area (Å²) in [5.41, 5.74) is 15.8. The van der Waals surface area contributed by atoms with Gasteiger partial charge in [-0.1, -0.05) is 72.8 Å². The highest BCUT2D eigenvalue weighted by Crippen LogP contribution is 2.42. The van der Waals surface area contributed by atoms with E-state index in [9.17, 15) is 0 Å². The Morgan fingerprint density at radius 2 is 0.779 bits per heavy atom. The summed E-state index contributed by atoms with van der Waals surface area (Å²) in [5, 5.41) is 17.3. The quantitative estimate of drug-likeness (QED) is 0.108. The summed E-state index contributed by atoms with van der Waals surface area (Å²) in [6.07, 6.45) is 1.58. The molecule has 7 aromatic carbocycles. The molecular weight excluding hydrogens is 873 g/mol. The lowest BCUT2D eigenvalue weighted by Crippen LogP contribution is -2.21. The second-order valence-corrected chi connectivity index (χ2v) is 19.5. The van der Waals surface area contributed by atoms with Crippen molar-refractivity contribution < 1.29 is 0 Å². The van der Waals surface area contributed by atoms with E-state index < -0.39 is 0 Å². The fourth-order valence-corrected chi connectivity index (χ4v) is 11.7. The van der Waals surface area contributed by atoms with Crippen molar-refractivity contribution in [1.29, 1.82) is 0 Å². The molecule has 10 heteroatoms. The number of hydrogen-bond donors (Lipinski definition) is 0. The summed E-state index contributed by atoms with van der Waals surface area (Å²) in [6, 6.07) is 61.4. The van der Waals surface area contributed by atoms with E-state index >= 15 is 0 Å². The van der Waals surface area contributed by atoms with Gasteiger partial charge in [0, 0.05) is 61.5 Å². The minimum atomic E-state index is 0.0145. The number of anilines is 4. The molecule has 2 aliphatic heterocycles. The maximum absolute atomic E-state index is 5.39. The molecule has 2 aliphatic rings. The van der Waals surface area contributed by atoms with Crippen molar-refractivity contribution in [1.82, 2.24) is 9.97 Å².